The first-order valence-electron chi connectivity index (χ1n) is 5.32. The molecule has 6 nitrogen and oxygen atoms in total. The highest BCUT2D eigenvalue weighted by Crippen LogP contribution is 2.10. The summed E-state index contributed by atoms with van der Waals surface area (Å²) in [6.07, 6.45) is 2.90. The Hall–Kier alpha value is -2.63. The van der Waals surface area contributed by atoms with Crippen molar-refractivity contribution in [2.75, 3.05) is 11.1 Å². The van der Waals surface area contributed by atoms with Crippen LogP contribution in [0.25, 0.3) is 0 Å². The molecule has 0 aliphatic rings. The van der Waals surface area contributed by atoms with E-state index in [2.05, 4.69) is 10.3 Å². The number of amides is 1. The number of hydrogen-bond acceptors (Lipinski definition) is 4. The second kappa shape index (κ2) is 5.13. The Balaban J connectivity index is 2.03. The van der Waals surface area contributed by atoms with Crippen LogP contribution in [-0.2, 0) is 11.3 Å². The van der Waals surface area contributed by atoms with Crippen molar-refractivity contribution in [1.29, 1.82) is 0 Å². The molecule has 1 amide bonds. The number of benzene rings is 1. The molecule has 0 saturated carbocycles. The normalized spacial score (nSPS) is 10.0. The molecule has 1 aromatic heterocycles. The standard InChI is InChI=1S/C12H12N4O2/c13-9-2-4-10(5-3-9)15-11(17)8-16-7-1-6-14-12(16)18/h1-7H,8,13H2,(H,15,17). The number of anilines is 2. The van der Waals surface area contributed by atoms with Crippen LogP contribution < -0.4 is 16.7 Å². The summed E-state index contributed by atoms with van der Waals surface area (Å²) in [5, 5.41) is 2.66. The van der Waals surface area contributed by atoms with Gasteiger partial charge in [-0.1, -0.05) is 0 Å². The Morgan fingerprint density at radius 1 is 1.33 bits per heavy atom. The maximum Gasteiger partial charge on any atom is 0.347 e. The predicted molar refractivity (Wildman–Crippen MR) is 68.0 cm³/mol. The van der Waals surface area contributed by atoms with Crippen LogP contribution in [0.15, 0.2) is 47.5 Å². The van der Waals surface area contributed by atoms with Crippen molar-refractivity contribution in [2.24, 2.45) is 0 Å². The third-order valence-electron chi connectivity index (χ3n) is 2.29. The monoisotopic (exact) mass is 244 g/mol. The van der Waals surface area contributed by atoms with E-state index in [0.717, 1.165) is 0 Å². The molecule has 0 aliphatic heterocycles. The first-order valence-corrected chi connectivity index (χ1v) is 5.32. The molecule has 6 heteroatoms. The third kappa shape index (κ3) is 2.94. The average molecular weight is 244 g/mol. The van der Waals surface area contributed by atoms with E-state index in [1.165, 1.54) is 17.0 Å². The molecule has 1 heterocycles. The van der Waals surface area contributed by atoms with E-state index in [0.29, 0.717) is 11.4 Å². The van der Waals surface area contributed by atoms with Crippen LogP contribution in [0.1, 0.15) is 0 Å². The maximum absolute atomic E-state index is 11.7. The molecule has 1 aromatic carbocycles. The molecule has 0 radical (unpaired) electrons. The van der Waals surface area contributed by atoms with Gasteiger partial charge in [-0.3, -0.25) is 9.36 Å². The van der Waals surface area contributed by atoms with Gasteiger partial charge in [0.1, 0.15) is 6.54 Å². The summed E-state index contributed by atoms with van der Waals surface area (Å²) < 4.78 is 1.23. The van der Waals surface area contributed by atoms with Crippen LogP contribution >= 0.6 is 0 Å². The van der Waals surface area contributed by atoms with Crippen LogP contribution in [0.3, 0.4) is 0 Å². The van der Waals surface area contributed by atoms with Crippen molar-refractivity contribution in [3.05, 3.63) is 53.2 Å². The van der Waals surface area contributed by atoms with E-state index in [9.17, 15) is 9.59 Å². The Morgan fingerprint density at radius 2 is 2.06 bits per heavy atom. The van der Waals surface area contributed by atoms with Gasteiger partial charge >= 0.3 is 5.69 Å². The molecule has 0 saturated heterocycles. The number of nitrogens with zero attached hydrogens (tertiary/aromatic N) is 2. The summed E-state index contributed by atoms with van der Waals surface area (Å²) in [7, 11) is 0. The van der Waals surface area contributed by atoms with Crippen molar-refractivity contribution in [1.82, 2.24) is 9.55 Å². The van der Waals surface area contributed by atoms with Gasteiger partial charge in [0.15, 0.2) is 0 Å². The molecule has 0 aliphatic carbocycles. The number of carbonyl (C=O) groups is 1. The number of rotatable bonds is 3. The zero-order valence-electron chi connectivity index (χ0n) is 9.54. The second-order valence-electron chi connectivity index (χ2n) is 3.70. The summed E-state index contributed by atoms with van der Waals surface area (Å²) >= 11 is 0. The van der Waals surface area contributed by atoms with Crippen molar-refractivity contribution in [3.8, 4) is 0 Å². The van der Waals surface area contributed by atoms with Gasteiger partial charge in [0.05, 0.1) is 0 Å². The Bertz CT molecular complexity index is 604. The lowest BCUT2D eigenvalue weighted by atomic mass is 10.3. The highest BCUT2D eigenvalue weighted by Gasteiger charge is 2.04. The Morgan fingerprint density at radius 3 is 2.72 bits per heavy atom. The van der Waals surface area contributed by atoms with Gasteiger partial charge in [-0.2, -0.15) is 0 Å². The van der Waals surface area contributed by atoms with Crippen molar-refractivity contribution in [3.63, 3.8) is 0 Å². The zero-order chi connectivity index (χ0) is 13.0. The first kappa shape index (κ1) is 11.8. The van der Waals surface area contributed by atoms with E-state index in [4.69, 9.17) is 5.73 Å². The maximum atomic E-state index is 11.7. The van der Waals surface area contributed by atoms with Gasteiger partial charge in [-0.15, -0.1) is 0 Å². The summed E-state index contributed by atoms with van der Waals surface area (Å²) in [6.45, 7) is -0.0724. The van der Waals surface area contributed by atoms with Crippen LogP contribution in [0.4, 0.5) is 11.4 Å². The van der Waals surface area contributed by atoms with E-state index in [1.54, 1.807) is 30.3 Å². The highest BCUT2D eigenvalue weighted by atomic mass is 16.2. The molecular weight excluding hydrogens is 232 g/mol. The van der Waals surface area contributed by atoms with E-state index in [1.807, 2.05) is 0 Å². The first-order chi connectivity index (χ1) is 8.65. The lowest BCUT2D eigenvalue weighted by Gasteiger charge is -2.06. The lowest BCUT2D eigenvalue weighted by molar-refractivity contribution is -0.116. The number of aromatic nitrogens is 2. The number of carbonyl (C=O) groups excluding carboxylic acids is 1. The average Bonchev–Trinajstić information content (AvgIpc) is 2.35. The van der Waals surface area contributed by atoms with Gasteiger partial charge in [0.25, 0.3) is 0 Å². The highest BCUT2D eigenvalue weighted by molar-refractivity contribution is 5.90. The molecule has 2 aromatic rings. The Labute approximate surface area is 103 Å². The van der Waals surface area contributed by atoms with Gasteiger partial charge in [-0.05, 0) is 30.3 Å². The zero-order valence-corrected chi connectivity index (χ0v) is 9.54. The number of nitrogen functional groups attached to an aromatic ring is 1. The van der Waals surface area contributed by atoms with Crippen molar-refractivity contribution >= 4 is 17.3 Å². The smallest absolute Gasteiger partial charge is 0.347 e. The molecule has 2 rings (SSSR count). The molecular formula is C12H12N4O2. The number of nitrogens with two attached hydrogens (primary N) is 1. The fourth-order valence-corrected chi connectivity index (χ4v) is 1.43. The molecule has 0 bridgehead atoms. The van der Waals surface area contributed by atoms with Gasteiger partial charge in [0.2, 0.25) is 5.91 Å². The number of hydrogen-bond donors (Lipinski definition) is 2. The SMILES string of the molecule is Nc1ccc(NC(=O)Cn2cccnc2=O)cc1. The molecule has 0 spiro atoms. The van der Waals surface area contributed by atoms with Gasteiger partial charge < -0.3 is 11.1 Å². The summed E-state index contributed by atoms with van der Waals surface area (Å²) in [5.41, 5.74) is 6.33. The van der Waals surface area contributed by atoms with E-state index < -0.39 is 5.69 Å². The molecule has 0 fully saturated rings. The topological polar surface area (TPSA) is 90.0 Å². The predicted octanol–water partition coefficient (Wildman–Crippen LogP) is 0.464. The summed E-state index contributed by atoms with van der Waals surface area (Å²) in [4.78, 5) is 26.6. The summed E-state index contributed by atoms with van der Waals surface area (Å²) in [5.74, 6) is -0.296. The Kier molecular flexibility index (Phi) is 3.38. The van der Waals surface area contributed by atoms with Crippen LogP contribution in [-0.4, -0.2) is 15.5 Å². The van der Waals surface area contributed by atoms with Crippen molar-refractivity contribution in [2.45, 2.75) is 6.54 Å². The van der Waals surface area contributed by atoms with Crippen LogP contribution in [0, 0.1) is 0 Å². The van der Waals surface area contributed by atoms with Gasteiger partial charge in [-0.25, -0.2) is 9.78 Å². The molecule has 3 N–H and O–H groups in total. The molecule has 0 unspecified atom stereocenters. The van der Waals surface area contributed by atoms with Crippen LogP contribution in [0.2, 0.25) is 0 Å². The quantitative estimate of drug-likeness (QED) is 0.768. The third-order valence-corrected chi connectivity index (χ3v) is 2.29. The fourth-order valence-electron chi connectivity index (χ4n) is 1.43. The number of nitrogens with one attached hydrogen (secondary N) is 1. The fraction of sp³-hybridized carbons (Fsp3) is 0.0833. The van der Waals surface area contributed by atoms with E-state index >= 15 is 0 Å². The minimum absolute atomic E-state index is 0.0724. The second-order valence-corrected chi connectivity index (χ2v) is 3.70. The molecule has 92 valence electrons. The van der Waals surface area contributed by atoms with Crippen molar-refractivity contribution < 1.29 is 4.79 Å². The molecule has 0 atom stereocenters. The van der Waals surface area contributed by atoms with E-state index in [-0.39, 0.29) is 12.5 Å². The lowest BCUT2D eigenvalue weighted by Crippen LogP contribution is -2.28. The minimum Gasteiger partial charge on any atom is -0.399 e. The largest absolute Gasteiger partial charge is 0.399 e. The van der Waals surface area contributed by atoms with Crippen LogP contribution in [0.5, 0.6) is 0 Å². The minimum atomic E-state index is -0.454. The molecule has 18 heavy (non-hydrogen) atoms. The van der Waals surface area contributed by atoms with Gasteiger partial charge in [0, 0.05) is 23.8 Å². The summed E-state index contributed by atoms with van der Waals surface area (Å²) in [6, 6.07) is 8.36.